The average Bonchev–Trinajstić information content (AvgIpc) is 3.57. The maximum atomic E-state index is 9.50. The Morgan fingerprint density at radius 3 is 2.83 bits per heavy atom. The monoisotopic (exact) mass is 519 g/mol. The van der Waals surface area contributed by atoms with Crippen LogP contribution in [0.4, 0.5) is 0 Å². The quantitative estimate of drug-likeness (QED) is 0.333. The van der Waals surface area contributed by atoms with Gasteiger partial charge in [0.2, 0.25) is 0 Å². The van der Waals surface area contributed by atoms with E-state index in [1.165, 1.54) is 11.3 Å². The first-order valence-electron chi connectivity index (χ1n) is 14.4. The van der Waals surface area contributed by atoms with Crippen molar-refractivity contribution in [1.82, 2.24) is 9.88 Å². The summed E-state index contributed by atoms with van der Waals surface area (Å²) in [6.45, 7) is 0. The van der Waals surface area contributed by atoms with Crippen LogP contribution in [0.3, 0.4) is 0 Å². The third-order valence-corrected chi connectivity index (χ3v) is 9.38. The van der Waals surface area contributed by atoms with Crippen molar-refractivity contribution in [3.05, 3.63) is 119 Å². The highest BCUT2D eigenvalue weighted by atomic mass is 16.5. The fraction of sp³-hybridized carbons (Fsp3) is 0.278. The molecule has 4 aliphatic carbocycles. The van der Waals surface area contributed by atoms with Crippen LogP contribution < -0.4 is 0 Å². The normalized spacial score (nSPS) is 30.6. The molecular weight excluding hydrogens is 490 g/mol. The summed E-state index contributed by atoms with van der Waals surface area (Å²) in [4.78, 5) is 7.02. The molecule has 40 heavy (non-hydrogen) atoms. The molecule has 0 N–H and O–H groups in total. The van der Waals surface area contributed by atoms with Crippen LogP contribution in [-0.4, -0.2) is 28.1 Å². The van der Waals surface area contributed by atoms with Crippen LogP contribution in [0.2, 0.25) is 0 Å². The number of aromatic nitrogens is 1. The van der Waals surface area contributed by atoms with Gasteiger partial charge in [-0.25, -0.2) is 0 Å². The van der Waals surface area contributed by atoms with Gasteiger partial charge < -0.3 is 9.64 Å². The Balaban J connectivity index is 1.26. The average molecular weight is 520 g/mol. The molecule has 0 spiro atoms. The Hall–Kier alpha value is -4.54. The van der Waals surface area contributed by atoms with Gasteiger partial charge in [-0.15, -0.1) is 0 Å². The molecule has 0 radical (unpaired) electrons. The molecule has 4 heteroatoms. The van der Waals surface area contributed by atoms with Crippen molar-refractivity contribution in [1.29, 1.82) is 5.26 Å². The molecule has 1 fully saturated rings. The largest absolute Gasteiger partial charge is 0.489 e. The number of nitriles is 1. The number of benzene rings is 1. The zero-order valence-electron chi connectivity index (χ0n) is 22.2. The number of fused-ring (bicyclic) bond motifs is 6. The van der Waals surface area contributed by atoms with E-state index in [1.807, 2.05) is 12.3 Å². The summed E-state index contributed by atoms with van der Waals surface area (Å²) in [5.41, 5.74) is 7.56. The molecule has 0 amide bonds. The zero-order valence-corrected chi connectivity index (χ0v) is 22.2. The molecule has 2 aliphatic heterocycles. The van der Waals surface area contributed by atoms with E-state index in [2.05, 4.69) is 101 Å². The number of allylic oxidation sites excluding steroid dienone is 6. The van der Waals surface area contributed by atoms with E-state index in [9.17, 15) is 5.26 Å². The molecule has 3 heterocycles. The zero-order chi connectivity index (χ0) is 26.6. The van der Waals surface area contributed by atoms with E-state index < -0.39 is 0 Å². The van der Waals surface area contributed by atoms with E-state index in [4.69, 9.17) is 4.74 Å². The van der Waals surface area contributed by atoms with Crippen molar-refractivity contribution in [2.75, 3.05) is 0 Å². The number of hydrogen-bond donors (Lipinski definition) is 0. The lowest BCUT2D eigenvalue weighted by atomic mass is 9.72. The second kappa shape index (κ2) is 9.29. The van der Waals surface area contributed by atoms with Crippen LogP contribution in [0.25, 0.3) is 16.7 Å². The maximum absolute atomic E-state index is 9.50. The number of likely N-dealkylation sites (tertiary alicyclic amines) is 1. The molecule has 6 aliphatic rings. The van der Waals surface area contributed by atoms with Crippen molar-refractivity contribution in [3.8, 4) is 29.0 Å². The van der Waals surface area contributed by atoms with Crippen molar-refractivity contribution in [2.45, 2.75) is 43.9 Å². The Kier molecular flexibility index (Phi) is 5.42. The van der Waals surface area contributed by atoms with E-state index in [0.717, 1.165) is 53.7 Å². The molecule has 1 aromatic heterocycles. The fourth-order valence-electron chi connectivity index (χ4n) is 7.76. The number of ether oxygens (including phenoxy) is 1. The van der Waals surface area contributed by atoms with Crippen LogP contribution in [0.5, 0.6) is 0 Å². The lowest BCUT2D eigenvalue weighted by molar-refractivity contribution is 0.0512. The van der Waals surface area contributed by atoms with Crippen molar-refractivity contribution < 1.29 is 4.74 Å². The molecule has 6 atom stereocenters. The first-order valence-corrected chi connectivity index (χ1v) is 14.4. The highest BCUT2D eigenvalue weighted by molar-refractivity contribution is 5.90. The van der Waals surface area contributed by atoms with Gasteiger partial charge in [0.05, 0.1) is 23.2 Å². The van der Waals surface area contributed by atoms with Crippen LogP contribution in [0.15, 0.2) is 108 Å². The Labute approximate surface area is 235 Å². The SMILES string of the molecule is N#Cc1cncc(-c2ccccc2C2=C(N3C4C=CC=CC4C4C5OC6=C(CCC=C6)C5C=CC43)CCC#C2)c1. The molecule has 1 aromatic carbocycles. The third-order valence-electron chi connectivity index (χ3n) is 9.38. The van der Waals surface area contributed by atoms with Crippen LogP contribution >= 0.6 is 0 Å². The van der Waals surface area contributed by atoms with Crippen molar-refractivity contribution in [3.63, 3.8) is 0 Å². The predicted octanol–water partition coefficient (Wildman–Crippen LogP) is 6.73. The molecule has 0 bridgehead atoms. The lowest BCUT2D eigenvalue weighted by Crippen LogP contribution is -2.42. The summed E-state index contributed by atoms with van der Waals surface area (Å²) < 4.78 is 6.76. The highest BCUT2D eigenvalue weighted by Gasteiger charge is 2.56. The van der Waals surface area contributed by atoms with Gasteiger partial charge in [-0.2, -0.15) is 5.26 Å². The van der Waals surface area contributed by atoms with Crippen LogP contribution in [0.1, 0.15) is 36.8 Å². The van der Waals surface area contributed by atoms with E-state index in [1.54, 1.807) is 6.20 Å². The minimum Gasteiger partial charge on any atom is -0.489 e. The smallest absolute Gasteiger partial charge is 0.119 e. The highest BCUT2D eigenvalue weighted by Crippen LogP contribution is 2.54. The summed E-state index contributed by atoms with van der Waals surface area (Å²) in [5.74, 6) is 9.22. The van der Waals surface area contributed by atoms with E-state index >= 15 is 0 Å². The van der Waals surface area contributed by atoms with Gasteiger partial charge in [0, 0.05) is 47.8 Å². The minimum absolute atomic E-state index is 0.169. The predicted molar refractivity (Wildman–Crippen MR) is 156 cm³/mol. The molecule has 0 saturated carbocycles. The Bertz CT molecular complexity index is 1700. The molecule has 2 aromatic rings. The van der Waals surface area contributed by atoms with E-state index in [0.29, 0.717) is 23.3 Å². The Morgan fingerprint density at radius 1 is 1.00 bits per heavy atom. The van der Waals surface area contributed by atoms with Gasteiger partial charge >= 0.3 is 0 Å². The van der Waals surface area contributed by atoms with E-state index in [-0.39, 0.29) is 18.2 Å². The van der Waals surface area contributed by atoms with Gasteiger partial charge in [0.15, 0.2) is 0 Å². The van der Waals surface area contributed by atoms with Crippen molar-refractivity contribution >= 4 is 5.57 Å². The summed E-state index contributed by atoms with van der Waals surface area (Å²) in [6.07, 6.45) is 26.2. The number of hydrogen-bond acceptors (Lipinski definition) is 4. The second-order valence-corrected chi connectivity index (χ2v) is 11.4. The summed E-state index contributed by atoms with van der Waals surface area (Å²) in [7, 11) is 0. The van der Waals surface area contributed by atoms with Gasteiger partial charge in [-0.3, -0.25) is 4.98 Å². The second-order valence-electron chi connectivity index (χ2n) is 11.4. The summed E-state index contributed by atoms with van der Waals surface area (Å²) in [5, 5.41) is 9.50. The summed E-state index contributed by atoms with van der Waals surface area (Å²) in [6, 6.07) is 13.1. The van der Waals surface area contributed by atoms with Gasteiger partial charge in [-0.05, 0) is 48.1 Å². The molecule has 1 saturated heterocycles. The number of nitrogens with zero attached hydrogens (tertiary/aromatic N) is 3. The van der Waals surface area contributed by atoms with Gasteiger partial charge in [-0.1, -0.05) is 78.6 Å². The van der Waals surface area contributed by atoms with Crippen LogP contribution in [-0.2, 0) is 4.74 Å². The molecule has 6 unspecified atom stereocenters. The lowest BCUT2D eigenvalue weighted by Gasteiger charge is -2.38. The van der Waals surface area contributed by atoms with Crippen LogP contribution in [0, 0.1) is 40.9 Å². The molecule has 4 nitrogen and oxygen atoms in total. The standard InChI is InChI=1S/C36H29N3O/c37-20-23-19-24(22-38-21-23)25-9-1-2-10-26(25)27-11-3-6-14-31(27)39-32-15-7-4-13-30(32)35-33(39)18-17-29-28-12-5-8-16-34(28)40-36(29)35/h1-2,4,7-10,13,15-19,21-22,29-30,32-33,35-36H,5-6,12,14H2. The number of pyridine rings is 1. The third kappa shape index (κ3) is 3.49. The first kappa shape index (κ1) is 23.4. The number of rotatable bonds is 3. The topological polar surface area (TPSA) is 49.2 Å². The minimum atomic E-state index is 0.169. The maximum Gasteiger partial charge on any atom is 0.119 e. The molecular formula is C36H29N3O. The Morgan fingerprint density at radius 2 is 1.90 bits per heavy atom. The summed E-state index contributed by atoms with van der Waals surface area (Å²) >= 11 is 0. The fourth-order valence-corrected chi connectivity index (χ4v) is 7.76. The van der Waals surface area contributed by atoms with Gasteiger partial charge in [0.1, 0.15) is 17.9 Å². The first-order chi connectivity index (χ1) is 19.8. The molecule has 8 rings (SSSR count). The van der Waals surface area contributed by atoms with Crippen molar-refractivity contribution in [2.24, 2.45) is 17.8 Å². The van der Waals surface area contributed by atoms with Gasteiger partial charge in [0.25, 0.3) is 0 Å². The molecule has 194 valence electrons.